The van der Waals surface area contributed by atoms with Crippen molar-refractivity contribution < 1.29 is 28.3 Å². The van der Waals surface area contributed by atoms with Crippen molar-refractivity contribution in [3.63, 3.8) is 0 Å². The summed E-state index contributed by atoms with van der Waals surface area (Å²) in [7, 11) is 0. The molecule has 1 aliphatic heterocycles. The van der Waals surface area contributed by atoms with Crippen LogP contribution in [0.1, 0.15) is 57.1 Å². The van der Waals surface area contributed by atoms with Gasteiger partial charge in [-0.15, -0.1) is 0 Å². The standard InChI is InChI=1S/C28H30FN3O5/c1-18(19-7-3-2-4-8-19)36-27(35)30-26-24(25(29)31-37-26)20-10-12-21(13-11-20)32-16-6-5-9-22(32)28(14-15-28)17-23(33)34/h2-4,7-8,10-13,18,22H,5-6,9,14-17H2,1H3,(H,30,35)(H,33,34). The number of carboxylic acid groups (broad SMARTS) is 1. The third-order valence-electron chi connectivity index (χ3n) is 7.51. The second-order valence-electron chi connectivity index (χ2n) is 9.95. The van der Waals surface area contributed by atoms with Crippen LogP contribution in [0.25, 0.3) is 11.1 Å². The molecule has 2 atom stereocenters. The molecule has 1 aromatic heterocycles. The summed E-state index contributed by atoms with van der Waals surface area (Å²) in [6, 6.07) is 16.8. The fraction of sp³-hybridized carbons (Fsp3) is 0.393. The van der Waals surface area contributed by atoms with Crippen LogP contribution in [0, 0.1) is 11.4 Å². The van der Waals surface area contributed by atoms with Crippen LogP contribution in [-0.4, -0.2) is 34.9 Å². The molecule has 0 bridgehead atoms. The number of amides is 1. The fourth-order valence-electron chi connectivity index (χ4n) is 5.47. The van der Waals surface area contributed by atoms with Crippen molar-refractivity contribution in [3.05, 3.63) is 66.1 Å². The zero-order valence-electron chi connectivity index (χ0n) is 20.7. The molecular weight excluding hydrogens is 477 g/mol. The second kappa shape index (κ2) is 10.2. The average Bonchev–Trinajstić information content (AvgIpc) is 3.58. The van der Waals surface area contributed by atoms with Gasteiger partial charge in [-0.1, -0.05) is 42.5 Å². The highest BCUT2D eigenvalue weighted by atomic mass is 19.1. The maximum Gasteiger partial charge on any atom is 0.414 e. The van der Waals surface area contributed by atoms with Crippen molar-refractivity contribution in [2.45, 2.75) is 57.6 Å². The molecule has 1 saturated heterocycles. The molecule has 2 N–H and O–H groups in total. The molecule has 37 heavy (non-hydrogen) atoms. The molecule has 3 aromatic rings. The van der Waals surface area contributed by atoms with Crippen LogP contribution in [0.4, 0.5) is 20.8 Å². The summed E-state index contributed by atoms with van der Waals surface area (Å²) in [4.78, 5) is 26.3. The van der Waals surface area contributed by atoms with E-state index in [9.17, 15) is 19.1 Å². The first kappa shape index (κ1) is 24.8. The summed E-state index contributed by atoms with van der Waals surface area (Å²) >= 11 is 0. The Kier molecular flexibility index (Phi) is 6.86. The molecule has 2 aliphatic rings. The lowest BCUT2D eigenvalue weighted by molar-refractivity contribution is -0.138. The molecule has 2 heterocycles. The zero-order valence-corrected chi connectivity index (χ0v) is 20.7. The number of piperidine rings is 1. The SMILES string of the molecule is CC(OC(=O)Nc1onc(F)c1-c1ccc(N2CCCCC2C2(CC(=O)O)CC2)cc1)c1ccccc1. The van der Waals surface area contributed by atoms with Gasteiger partial charge in [-0.05, 0) is 67.4 Å². The molecule has 1 saturated carbocycles. The van der Waals surface area contributed by atoms with E-state index in [1.165, 1.54) is 0 Å². The fourth-order valence-corrected chi connectivity index (χ4v) is 5.47. The second-order valence-corrected chi connectivity index (χ2v) is 9.95. The van der Waals surface area contributed by atoms with E-state index in [2.05, 4.69) is 15.4 Å². The number of nitrogens with one attached hydrogen (secondary N) is 1. The molecule has 1 aliphatic carbocycles. The molecule has 2 aromatic carbocycles. The minimum absolute atomic E-state index is 0.0376. The number of carboxylic acids is 1. The van der Waals surface area contributed by atoms with Gasteiger partial charge in [0.05, 0.1) is 6.42 Å². The maximum atomic E-state index is 14.6. The number of ether oxygens (including phenoxy) is 1. The van der Waals surface area contributed by atoms with Crippen LogP contribution in [-0.2, 0) is 9.53 Å². The summed E-state index contributed by atoms with van der Waals surface area (Å²) in [5.74, 6) is -1.73. The predicted molar refractivity (Wildman–Crippen MR) is 136 cm³/mol. The average molecular weight is 508 g/mol. The van der Waals surface area contributed by atoms with Crippen LogP contribution in [0.15, 0.2) is 59.1 Å². The number of hydrogen-bond donors (Lipinski definition) is 2. The van der Waals surface area contributed by atoms with Crippen LogP contribution < -0.4 is 10.2 Å². The number of carbonyl (C=O) groups is 2. The van der Waals surface area contributed by atoms with Crippen LogP contribution >= 0.6 is 0 Å². The Bertz CT molecular complexity index is 1260. The highest BCUT2D eigenvalue weighted by Gasteiger charge is 2.53. The third kappa shape index (κ3) is 5.30. The Balaban J connectivity index is 1.31. The maximum absolute atomic E-state index is 14.6. The van der Waals surface area contributed by atoms with Crippen LogP contribution in [0.5, 0.6) is 0 Å². The van der Waals surface area contributed by atoms with Crippen molar-refractivity contribution in [3.8, 4) is 11.1 Å². The van der Waals surface area contributed by atoms with Crippen molar-refractivity contribution in [1.29, 1.82) is 0 Å². The number of aliphatic carboxylic acids is 1. The first-order chi connectivity index (χ1) is 17.9. The van der Waals surface area contributed by atoms with Gasteiger partial charge in [-0.25, -0.2) is 4.79 Å². The van der Waals surface area contributed by atoms with Gasteiger partial charge in [-0.3, -0.25) is 10.1 Å². The van der Waals surface area contributed by atoms with Crippen LogP contribution in [0.2, 0.25) is 0 Å². The van der Waals surface area contributed by atoms with Crippen molar-refractivity contribution >= 4 is 23.6 Å². The summed E-state index contributed by atoms with van der Waals surface area (Å²) in [6.07, 6.45) is 3.84. The third-order valence-corrected chi connectivity index (χ3v) is 7.51. The van der Waals surface area contributed by atoms with E-state index in [1.807, 2.05) is 42.5 Å². The smallest absolute Gasteiger partial charge is 0.414 e. The Labute approximate surface area is 214 Å². The molecule has 0 spiro atoms. The van der Waals surface area contributed by atoms with E-state index in [-0.39, 0.29) is 29.3 Å². The van der Waals surface area contributed by atoms with E-state index in [4.69, 9.17) is 9.26 Å². The van der Waals surface area contributed by atoms with E-state index in [0.717, 1.165) is 49.9 Å². The monoisotopic (exact) mass is 507 g/mol. The molecular formula is C28H30FN3O5. The zero-order chi connectivity index (χ0) is 26.0. The minimum Gasteiger partial charge on any atom is -0.481 e. The topological polar surface area (TPSA) is 105 Å². The van der Waals surface area contributed by atoms with Gasteiger partial charge in [0.1, 0.15) is 11.7 Å². The Morgan fingerprint density at radius 1 is 1.19 bits per heavy atom. The summed E-state index contributed by atoms with van der Waals surface area (Å²) in [6.45, 7) is 2.59. The number of anilines is 2. The summed E-state index contributed by atoms with van der Waals surface area (Å²) < 4.78 is 25.1. The predicted octanol–water partition coefficient (Wildman–Crippen LogP) is 6.40. The first-order valence-electron chi connectivity index (χ1n) is 12.6. The summed E-state index contributed by atoms with van der Waals surface area (Å²) in [5.41, 5.74) is 2.15. The number of hydrogen-bond acceptors (Lipinski definition) is 6. The Morgan fingerprint density at radius 2 is 1.92 bits per heavy atom. The lowest BCUT2D eigenvalue weighted by Crippen LogP contribution is -2.46. The van der Waals surface area contributed by atoms with Gasteiger partial charge in [0, 0.05) is 23.7 Å². The number of rotatable bonds is 8. The van der Waals surface area contributed by atoms with Gasteiger partial charge in [0.15, 0.2) is 0 Å². The van der Waals surface area contributed by atoms with Gasteiger partial charge >= 0.3 is 12.1 Å². The lowest BCUT2D eigenvalue weighted by Gasteiger charge is -2.42. The molecule has 5 rings (SSSR count). The largest absolute Gasteiger partial charge is 0.481 e. The van der Waals surface area contributed by atoms with Gasteiger partial charge < -0.3 is 19.3 Å². The molecule has 1 amide bonds. The van der Waals surface area contributed by atoms with Crippen molar-refractivity contribution in [2.24, 2.45) is 5.41 Å². The molecule has 2 fully saturated rings. The number of nitrogens with zero attached hydrogens (tertiary/aromatic N) is 2. The number of halogens is 1. The van der Waals surface area contributed by atoms with Crippen LogP contribution in [0.3, 0.4) is 0 Å². The van der Waals surface area contributed by atoms with Gasteiger partial charge in [0.25, 0.3) is 5.95 Å². The van der Waals surface area contributed by atoms with Crippen molar-refractivity contribution in [1.82, 2.24) is 5.16 Å². The Hall–Kier alpha value is -3.88. The van der Waals surface area contributed by atoms with Gasteiger partial charge in [-0.2, -0.15) is 4.39 Å². The molecule has 0 radical (unpaired) electrons. The molecule has 8 nitrogen and oxygen atoms in total. The number of aromatic nitrogens is 1. The normalized spacial score (nSPS) is 19.2. The number of carbonyl (C=O) groups excluding carboxylic acids is 1. The first-order valence-corrected chi connectivity index (χ1v) is 12.6. The highest BCUT2D eigenvalue weighted by molar-refractivity contribution is 5.89. The molecule has 194 valence electrons. The van der Waals surface area contributed by atoms with E-state index in [0.29, 0.717) is 5.56 Å². The lowest BCUT2D eigenvalue weighted by atomic mass is 9.84. The minimum atomic E-state index is -0.839. The van der Waals surface area contributed by atoms with E-state index < -0.39 is 24.1 Å². The van der Waals surface area contributed by atoms with Crippen molar-refractivity contribution in [2.75, 3.05) is 16.8 Å². The molecule has 2 unspecified atom stereocenters. The highest BCUT2D eigenvalue weighted by Crippen LogP contribution is 2.56. The molecule has 9 heteroatoms. The quantitative estimate of drug-likeness (QED) is 0.363. The van der Waals surface area contributed by atoms with E-state index >= 15 is 0 Å². The summed E-state index contributed by atoms with van der Waals surface area (Å²) in [5, 5.41) is 15.3. The Morgan fingerprint density at radius 3 is 2.59 bits per heavy atom. The number of benzene rings is 2. The van der Waals surface area contributed by atoms with E-state index in [1.54, 1.807) is 19.1 Å². The van der Waals surface area contributed by atoms with Gasteiger partial charge in [0.2, 0.25) is 5.88 Å².